The van der Waals surface area contributed by atoms with E-state index in [4.69, 9.17) is 11.6 Å². The molecule has 0 radical (unpaired) electrons. The quantitative estimate of drug-likeness (QED) is 0.725. The molecule has 2 nitrogen and oxygen atoms in total. The van der Waals surface area contributed by atoms with Crippen LogP contribution in [0.1, 0.15) is 25.3 Å². The van der Waals surface area contributed by atoms with E-state index in [0.29, 0.717) is 5.02 Å². The van der Waals surface area contributed by atoms with Crippen LogP contribution in [0, 0.1) is 0 Å². The molecule has 68 valence electrons. The van der Waals surface area contributed by atoms with E-state index in [1.807, 2.05) is 6.07 Å². The van der Waals surface area contributed by atoms with Gasteiger partial charge in [-0.2, -0.15) is 0 Å². The molecule has 1 aromatic heterocycles. The minimum absolute atomic E-state index is 0.209. The van der Waals surface area contributed by atoms with Gasteiger partial charge in [-0.3, -0.25) is 9.78 Å². The summed E-state index contributed by atoms with van der Waals surface area (Å²) < 4.78 is 0. The highest BCUT2D eigenvalue weighted by molar-refractivity contribution is 6.31. The van der Waals surface area contributed by atoms with Gasteiger partial charge in [-0.1, -0.05) is 11.6 Å². The molecule has 2 rings (SSSR count). The molecule has 0 aromatic carbocycles. The number of pyridine rings is 1. The van der Waals surface area contributed by atoms with Crippen molar-refractivity contribution in [2.24, 2.45) is 0 Å². The zero-order valence-corrected chi connectivity index (χ0v) is 8.14. The Balaban J connectivity index is 2.47. The summed E-state index contributed by atoms with van der Waals surface area (Å²) >= 11 is 5.98. The summed E-state index contributed by atoms with van der Waals surface area (Å²) in [7, 11) is 0. The highest BCUT2D eigenvalue weighted by atomic mass is 35.5. The largest absolute Gasteiger partial charge is 0.299 e. The SMILES string of the molecule is CC(=O)C1(c2ccncc2Cl)CC1. The number of aromatic nitrogens is 1. The Morgan fingerprint density at radius 2 is 2.31 bits per heavy atom. The highest BCUT2D eigenvalue weighted by Crippen LogP contribution is 2.50. The van der Waals surface area contributed by atoms with Crippen LogP contribution >= 0.6 is 11.6 Å². The Labute approximate surface area is 81.9 Å². The Morgan fingerprint density at radius 3 is 2.77 bits per heavy atom. The van der Waals surface area contributed by atoms with Gasteiger partial charge >= 0.3 is 0 Å². The number of halogens is 1. The summed E-state index contributed by atoms with van der Waals surface area (Å²) in [5.41, 5.74) is 0.664. The fourth-order valence-electron chi connectivity index (χ4n) is 1.70. The molecule has 0 amide bonds. The van der Waals surface area contributed by atoms with Crippen molar-refractivity contribution in [2.45, 2.75) is 25.2 Å². The van der Waals surface area contributed by atoms with E-state index in [1.165, 1.54) is 0 Å². The second-order valence-corrected chi connectivity index (χ2v) is 3.90. The molecule has 0 aliphatic heterocycles. The molecule has 3 heteroatoms. The van der Waals surface area contributed by atoms with Gasteiger partial charge in [-0.15, -0.1) is 0 Å². The van der Waals surface area contributed by atoms with Crippen molar-refractivity contribution in [3.63, 3.8) is 0 Å². The number of carbonyl (C=O) groups is 1. The van der Waals surface area contributed by atoms with Crippen LogP contribution < -0.4 is 0 Å². The average Bonchev–Trinajstić information content (AvgIpc) is 2.85. The summed E-state index contributed by atoms with van der Waals surface area (Å²) in [5, 5.41) is 0.607. The number of hydrogen-bond acceptors (Lipinski definition) is 2. The smallest absolute Gasteiger partial charge is 0.140 e. The lowest BCUT2D eigenvalue weighted by Crippen LogP contribution is -2.17. The fraction of sp³-hybridized carbons (Fsp3) is 0.400. The molecular formula is C10H10ClNO. The minimum atomic E-state index is -0.278. The molecule has 0 saturated heterocycles. The molecule has 0 spiro atoms. The lowest BCUT2D eigenvalue weighted by Gasteiger charge is -2.12. The number of Topliss-reactive ketones (excluding diaryl/α,β-unsaturated/α-hetero) is 1. The molecule has 13 heavy (non-hydrogen) atoms. The van der Waals surface area contributed by atoms with E-state index in [9.17, 15) is 4.79 Å². The van der Waals surface area contributed by atoms with Crippen molar-refractivity contribution in [3.05, 3.63) is 29.0 Å². The number of hydrogen-bond donors (Lipinski definition) is 0. The van der Waals surface area contributed by atoms with Gasteiger partial charge in [0.2, 0.25) is 0 Å². The fourth-order valence-corrected chi connectivity index (χ4v) is 2.00. The minimum Gasteiger partial charge on any atom is -0.299 e. The average molecular weight is 196 g/mol. The molecule has 1 aliphatic carbocycles. The van der Waals surface area contributed by atoms with Crippen molar-refractivity contribution in [1.29, 1.82) is 0 Å². The second-order valence-electron chi connectivity index (χ2n) is 3.49. The number of carbonyl (C=O) groups excluding carboxylic acids is 1. The third-order valence-corrected chi connectivity index (χ3v) is 3.01. The van der Waals surface area contributed by atoms with Gasteiger partial charge in [-0.05, 0) is 31.4 Å². The Hall–Kier alpha value is -0.890. The van der Waals surface area contributed by atoms with Gasteiger partial charge in [0.15, 0.2) is 0 Å². The summed E-state index contributed by atoms with van der Waals surface area (Å²) in [5.74, 6) is 0.209. The van der Waals surface area contributed by atoms with Crippen molar-refractivity contribution in [3.8, 4) is 0 Å². The summed E-state index contributed by atoms with van der Waals surface area (Å²) in [4.78, 5) is 15.3. The monoisotopic (exact) mass is 195 g/mol. The predicted octanol–water partition coefficient (Wildman–Crippen LogP) is 2.36. The molecule has 1 saturated carbocycles. The van der Waals surface area contributed by atoms with Gasteiger partial charge in [0.1, 0.15) is 5.78 Å². The zero-order chi connectivity index (χ0) is 9.47. The van der Waals surface area contributed by atoms with Crippen LogP contribution in [0.5, 0.6) is 0 Å². The zero-order valence-electron chi connectivity index (χ0n) is 7.38. The Kier molecular flexibility index (Phi) is 1.88. The molecule has 1 fully saturated rings. The predicted molar refractivity (Wildman–Crippen MR) is 50.8 cm³/mol. The Morgan fingerprint density at radius 1 is 1.62 bits per heavy atom. The summed E-state index contributed by atoms with van der Waals surface area (Å²) in [6.45, 7) is 1.63. The molecule has 0 bridgehead atoms. The number of rotatable bonds is 2. The van der Waals surface area contributed by atoms with Crippen molar-refractivity contribution in [1.82, 2.24) is 4.98 Å². The van der Waals surface area contributed by atoms with Crippen LogP contribution in [-0.2, 0) is 10.2 Å². The van der Waals surface area contributed by atoms with E-state index in [-0.39, 0.29) is 11.2 Å². The lowest BCUT2D eigenvalue weighted by molar-refractivity contribution is -0.119. The first kappa shape index (κ1) is 8.70. The lowest BCUT2D eigenvalue weighted by atomic mass is 9.93. The van der Waals surface area contributed by atoms with Gasteiger partial charge in [0.25, 0.3) is 0 Å². The third-order valence-electron chi connectivity index (χ3n) is 2.71. The van der Waals surface area contributed by atoms with E-state index < -0.39 is 0 Å². The summed E-state index contributed by atoms with van der Waals surface area (Å²) in [6.07, 6.45) is 5.13. The Bertz CT molecular complexity index is 358. The van der Waals surface area contributed by atoms with Gasteiger partial charge in [0.05, 0.1) is 10.4 Å². The van der Waals surface area contributed by atoms with E-state index in [1.54, 1.807) is 19.3 Å². The van der Waals surface area contributed by atoms with E-state index in [0.717, 1.165) is 18.4 Å². The van der Waals surface area contributed by atoms with Gasteiger partial charge in [-0.25, -0.2) is 0 Å². The van der Waals surface area contributed by atoms with E-state index >= 15 is 0 Å². The molecule has 0 atom stereocenters. The maximum Gasteiger partial charge on any atom is 0.140 e. The van der Waals surface area contributed by atoms with Crippen LogP contribution in [-0.4, -0.2) is 10.8 Å². The van der Waals surface area contributed by atoms with Crippen molar-refractivity contribution >= 4 is 17.4 Å². The normalized spacial score (nSPS) is 18.3. The number of nitrogens with zero attached hydrogens (tertiary/aromatic N) is 1. The molecular weight excluding hydrogens is 186 g/mol. The first-order chi connectivity index (χ1) is 6.17. The van der Waals surface area contributed by atoms with Crippen LogP contribution in [0.15, 0.2) is 18.5 Å². The number of ketones is 1. The van der Waals surface area contributed by atoms with Gasteiger partial charge < -0.3 is 0 Å². The highest BCUT2D eigenvalue weighted by Gasteiger charge is 2.49. The topological polar surface area (TPSA) is 30.0 Å². The maximum atomic E-state index is 11.4. The molecule has 0 N–H and O–H groups in total. The molecule has 0 unspecified atom stereocenters. The first-order valence-corrected chi connectivity index (χ1v) is 4.66. The van der Waals surface area contributed by atoms with Crippen LogP contribution in [0.3, 0.4) is 0 Å². The van der Waals surface area contributed by atoms with E-state index in [2.05, 4.69) is 4.98 Å². The standard InChI is InChI=1S/C10H10ClNO/c1-7(13)10(3-4-10)8-2-5-12-6-9(8)11/h2,5-6H,3-4H2,1H3. The van der Waals surface area contributed by atoms with Crippen LogP contribution in [0.4, 0.5) is 0 Å². The van der Waals surface area contributed by atoms with Crippen molar-refractivity contribution in [2.75, 3.05) is 0 Å². The van der Waals surface area contributed by atoms with Crippen LogP contribution in [0.25, 0.3) is 0 Å². The molecule has 1 aliphatic rings. The molecule has 1 aromatic rings. The third kappa shape index (κ3) is 1.25. The first-order valence-electron chi connectivity index (χ1n) is 4.28. The summed E-state index contributed by atoms with van der Waals surface area (Å²) in [6, 6.07) is 1.84. The second kappa shape index (κ2) is 2.81. The maximum absolute atomic E-state index is 11.4. The van der Waals surface area contributed by atoms with Gasteiger partial charge in [0, 0.05) is 12.4 Å². The van der Waals surface area contributed by atoms with Crippen molar-refractivity contribution < 1.29 is 4.79 Å². The molecule has 1 heterocycles. The van der Waals surface area contributed by atoms with Crippen LogP contribution in [0.2, 0.25) is 5.02 Å².